The first kappa shape index (κ1) is 19.2. The highest BCUT2D eigenvalue weighted by Crippen LogP contribution is 2.27. The van der Waals surface area contributed by atoms with Gasteiger partial charge >= 0.3 is 0 Å². The lowest BCUT2D eigenvalue weighted by atomic mass is 10.3. The molecule has 8 heteroatoms. The van der Waals surface area contributed by atoms with Crippen LogP contribution in [0.15, 0.2) is 71.8 Å². The van der Waals surface area contributed by atoms with Crippen LogP contribution in [0.5, 0.6) is 17.4 Å². The fourth-order valence-electron chi connectivity index (χ4n) is 2.40. The predicted octanol–water partition coefficient (Wildman–Crippen LogP) is 3.58. The zero-order chi connectivity index (χ0) is 20.1. The second-order valence-corrected chi connectivity index (χ2v) is 7.71. The molecule has 0 spiro atoms. The summed E-state index contributed by atoms with van der Waals surface area (Å²) in [5.41, 5.74) is 0.920. The zero-order valence-electron chi connectivity index (χ0n) is 15.2. The minimum absolute atomic E-state index is 0.165. The summed E-state index contributed by atoms with van der Waals surface area (Å²) < 4.78 is 37.4. The van der Waals surface area contributed by atoms with Crippen LogP contribution in [-0.2, 0) is 10.0 Å². The molecule has 0 unspecified atom stereocenters. The molecule has 1 aromatic heterocycles. The maximum atomic E-state index is 12.8. The molecule has 0 atom stereocenters. The monoisotopic (exact) mass is 395 g/mol. The number of pyridine rings is 1. The van der Waals surface area contributed by atoms with Crippen LogP contribution < -0.4 is 13.8 Å². The summed E-state index contributed by atoms with van der Waals surface area (Å²) >= 11 is 0. The quantitative estimate of drug-likeness (QED) is 0.633. The zero-order valence-corrected chi connectivity index (χ0v) is 16.1. The van der Waals surface area contributed by atoms with E-state index in [-0.39, 0.29) is 4.90 Å². The molecule has 0 radical (unpaired) electrons. The molecule has 28 heavy (non-hydrogen) atoms. The van der Waals surface area contributed by atoms with Gasteiger partial charge in [0.1, 0.15) is 17.6 Å². The predicted molar refractivity (Wildman–Crippen MR) is 104 cm³/mol. The van der Waals surface area contributed by atoms with Crippen molar-refractivity contribution in [1.29, 1.82) is 5.26 Å². The molecule has 0 aliphatic rings. The fraction of sp³-hybridized carbons (Fsp3) is 0.100. The number of rotatable bonds is 6. The lowest BCUT2D eigenvalue weighted by molar-refractivity contribution is 0.414. The lowest BCUT2D eigenvalue weighted by Crippen LogP contribution is -2.26. The van der Waals surface area contributed by atoms with Crippen molar-refractivity contribution in [3.63, 3.8) is 0 Å². The molecule has 3 aromatic rings. The van der Waals surface area contributed by atoms with E-state index < -0.39 is 10.0 Å². The molecular formula is C20H17N3O4S. The Morgan fingerprint density at radius 3 is 2.14 bits per heavy atom. The van der Waals surface area contributed by atoms with E-state index in [9.17, 15) is 8.42 Å². The number of methoxy groups -OCH3 is 1. The van der Waals surface area contributed by atoms with Gasteiger partial charge in [0.2, 0.25) is 5.88 Å². The van der Waals surface area contributed by atoms with E-state index in [0.717, 1.165) is 0 Å². The number of hydrogen-bond donors (Lipinski definition) is 0. The van der Waals surface area contributed by atoms with Gasteiger partial charge in [0.15, 0.2) is 0 Å². The van der Waals surface area contributed by atoms with Crippen molar-refractivity contribution in [3.05, 3.63) is 72.4 Å². The van der Waals surface area contributed by atoms with E-state index in [1.54, 1.807) is 48.5 Å². The van der Waals surface area contributed by atoms with E-state index in [1.807, 2.05) is 6.07 Å². The van der Waals surface area contributed by atoms with Crippen LogP contribution in [0.2, 0.25) is 0 Å². The van der Waals surface area contributed by atoms with E-state index >= 15 is 0 Å². The highest BCUT2D eigenvalue weighted by Gasteiger charge is 2.21. The third kappa shape index (κ3) is 4.05. The van der Waals surface area contributed by atoms with Gasteiger partial charge in [-0.05, 0) is 54.6 Å². The summed E-state index contributed by atoms with van der Waals surface area (Å²) in [4.78, 5) is 4.20. The number of nitrogens with zero attached hydrogens (tertiary/aromatic N) is 3. The number of ether oxygens (including phenoxy) is 2. The van der Waals surface area contributed by atoms with E-state index in [1.165, 1.54) is 36.8 Å². The van der Waals surface area contributed by atoms with Crippen LogP contribution in [0.3, 0.4) is 0 Å². The van der Waals surface area contributed by atoms with Crippen LogP contribution in [-0.4, -0.2) is 27.6 Å². The van der Waals surface area contributed by atoms with Gasteiger partial charge in [-0.1, -0.05) is 0 Å². The maximum Gasteiger partial charge on any atom is 0.264 e. The molecule has 0 amide bonds. The molecule has 142 valence electrons. The Hall–Kier alpha value is -3.57. The Kier molecular flexibility index (Phi) is 5.47. The molecule has 0 bridgehead atoms. The van der Waals surface area contributed by atoms with Crippen LogP contribution in [0.4, 0.5) is 5.69 Å². The number of anilines is 1. The van der Waals surface area contributed by atoms with Crippen LogP contribution in [0.1, 0.15) is 5.56 Å². The van der Waals surface area contributed by atoms with E-state index in [0.29, 0.717) is 28.6 Å². The standard InChI is InChI=1S/C20H17N3O4S/c1-23(28(24,25)19-10-8-17(26-2)9-11-19)16-4-6-18(7-5-16)27-20-12-3-15(13-21)14-22-20/h3-12,14H,1-2H3. The van der Waals surface area contributed by atoms with Crippen LogP contribution >= 0.6 is 0 Å². The van der Waals surface area contributed by atoms with Crippen molar-refractivity contribution >= 4 is 15.7 Å². The summed E-state index contributed by atoms with van der Waals surface area (Å²) in [5.74, 6) is 1.42. The van der Waals surface area contributed by atoms with E-state index in [2.05, 4.69) is 4.98 Å². The first-order valence-electron chi connectivity index (χ1n) is 8.21. The molecule has 7 nitrogen and oxygen atoms in total. The second kappa shape index (κ2) is 7.98. The summed E-state index contributed by atoms with van der Waals surface area (Å²) in [6.45, 7) is 0. The van der Waals surface area contributed by atoms with Gasteiger partial charge in [-0.3, -0.25) is 4.31 Å². The van der Waals surface area contributed by atoms with Crippen molar-refractivity contribution in [1.82, 2.24) is 4.98 Å². The number of nitriles is 1. The van der Waals surface area contributed by atoms with Gasteiger partial charge in [0.25, 0.3) is 10.0 Å². The van der Waals surface area contributed by atoms with Crippen molar-refractivity contribution in [3.8, 4) is 23.4 Å². The Bertz CT molecular complexity index is 1090. The summed E-state index contributed by atoms with van der Waals surface area (Å²) in [7, 11) is -0.698. The lowest BCUT2D eigenvalue weighted by Gasteiger charge is -2.20. The Morgan fingerprint density at radius 1 is 0.964 bits per heavy atom. The topological polar surface area (TPSA) is 92.5 Å². The largest absolute Gasteiger partial charge is 0.497 e. The Labute approximate surface area is 163 Å². The molecule has 0 N–H and O–H groups in total. The molecular weight excluding hydrogens is 378 g/mol. The molecule has 0 aliphatic heterocycles. The van der Waals surface area contributed by atoms with Crippen LogP contribution in [0.25, 0.3) is 0 Å². The number of sulfonamides is 1. The number of hydrogen-bond acceptors (Lipinski definition) is 6. The SMILES string of the molecule is COc1ccc(S(=O)(=O)N(C)c2ccc(Oc3ccc(C#N)cn3)cc2)cc1. The van der Waals surface area contributed by atoms with Gasteiger partial charge in [-0.2, -0.15) is 5.26 Å². The summed E-state index contributed by atoms with van der Waals surface area (Å²) in [5, 5.41) is 8.78. The second-order valence-electron chi connectivity index (χ2n) is 5.74. The molecule has 2 aromatic carbocycles. The average molecular weight is 395 g/mol. The average Bonchev–Trinajstić information content (AvgIpc) is 2.74. The summed E-state index contributed by atoms with van der Waals surface area (Å²) in [6.07, 6.45) is 1.42. The summed E-state index contributed by atoms with van der Waals surface area (Å²) in [6, 6.07) is 17.9. The fourth-order valence-corrected chi connectivity index (χ4v) is 3.59. The van der Waals surface area contributed by atoms with Gasteiger partial charge in [-0.15, -0.1) is 0 Å². The van der Waals surface area contributed by atoms with E-state index in [4.69, 9.17) is 14.7 Å². The highest BCUT2D eigenvalue weighted by atomic mass is 32.2. The van der Waals surface area contributed by atoms with Gasteiger partial charge in [-0.25, -0.2) is 13.4 Å². The molecule has 3 rings (SSSR count). The highest BCUT2D eigenvalue weighted by molar-refractivity contribution is 7.92. The molecule has 0 aliphatic carbocycles. The van der Waals surface area contributed by atoms with Crippen molar-refractivity contribution in [2.45, 2.75) is 4.90 Å². The first-order valence-corrected chi connectivity index (χ1v) is 9.65. The third-order valence-corrected chi connectivity index (χ3v) is 5.81. The third-order valence-electron chi connectivity index (χ3n) is 4.01. The molecule has 0 saturated carbocycles. The molecule has 0 fully saturated rings. The normalized spacial score (nSPS) is 10.8. The van der Waals surface area contributed by atoms with Gasteiger partial charge in [0, 0.05) is 19.3 Å². The maximum absolute atomic E-state index is 12.8. The van der Waals surface area contributed by atoms with Crippen molar-refractivity contribution in [2.24, 2.45) is 0 Å². The smallest absolute Gasteiger partial charge is 0.264 e. The first-order chi connectivity index (χ1) is 13.4. The number of aromatic nitrogens is 1. The molecule has 1 heterocycles. The minimum atomic E-state index is -3.70. The minimum Gasteiger partial charge on any atom is -0.497 e. The van der Waals surface area contributed by atoms with Crippen molar-refractivity contribution < 1.29 is 17.9 Å². The Morgan fingerprint density at radius 2 is 1.61 bits per heavy atom. The van der Waals surface area contributed by atoms with Crippen molar-refractivity contribution in [2.75, 3.05) is 18.5 Å². The Balaban J connectivity index is 1.76. The van der Waals surface area contributed by atoms with Crippen LogP contribution in [0, 0.1) is 11.3 Å². The molecule has 0 saturated heterocycles. The van der Waals surface area contributed by atoms with Gasteiger partial charge < -0.3 is 9.47 Å². The van der Waals surface area contributed by atoms with Gasteiger partial charge in [0.05, 0.1) is 23.3 Å². The number of benzene rings is 2.